The summed E-state index contributed by atoms with van der Waals surface area (Å²) < 4.78 is 21.9. The number of methoxy groups -OCH3 is 2. The zero-order chi connectivity index (χ0) is 21.6. The quantitative estimate of drug-likeness (QED) is 0.422. The van der Waals surface area contributed by atoms with Gasteiger partial charge in [0.25, 0.3) is 5.89 Å². The fourth-order valence-corrected chi connectivity index (χ4v) is 2.98. The zero-order valence-electron chi connectivity index (χ0n) is 17.4. The van der Waals surface area contributed by atoms with E-state index in [2.05, 4.69) is 25.1 Å². The molecule has 158 valence electrons. The number of pyridine rings is 1. The molecule has 0 unspecified atom stereocenters. The second kappa shape index (κ2) is 9.21. The maximum absolute atomic E-state index is 5.83. The average Bonchev–Trinajstić information content (AvgIpc) is 3.31. The smallest absolute Gasteiger partial charge is 0.264 e. The van der Waals surface area contributed by atoms with E-state index in [4.69, 9.17) is 18.7 Å². The van der Waals surface area contributed by atoms with Crippen molar-refractivity contribution in [3.63, 3.8) is 0 Å². The van der Waals surface area contributed by atoms with E-state index in [1.54, 1.807) is 38.7 Å². The Morgan fingerprint density at radius 3 is 2.52 bits per heavy atom. The van der Waals surface area contributed by atoms with Crippen LogP contribution in [0.3, 0.4) is 0 Å². The molecule has 3 heterocycles. The van der Waals surface area contributed by atoms with E-state index in [0.717, 1.165) is 17.7 Å². The first-order chi connectivity index (χ1) is 15.2. The highest BCUT2D eigenvalue weighted by molar-refractivity contribution is 5.68. The van der Waals surface area contributed by atoms with Crippen molar-refractivity contribution in [2.45, 2.75) is 20.0 Å². The van der Waals surface area contributed by atoms with Crippen LogP contribution in [0.15, 0.2) is 53.3 Å². The minimum Gasteiger partial charge on any atom is -0.493 e. The van der Waals surface area contributed by atoms with Crippen LogP contribution in [0.4, 0.5) is 0 Å². The van der Waals surface area contributed by atoms with Crippen LogP contribution in [-0.2, 0) is 13.0 Å². The first-order valence-corrected chi connectivity index (χ1v) is 9.67. The number of nitrogens with zero attached hydrogens (tertiary/aromatic N) is 5. The molecule has 0 radical (unpaired) electrons. The lowest BCUT2D eigenvalue weighted by Crippen LogP contribution is -2.02. The summed E-state index contributed by atoms with van der Waals surface area (Å²) in [6, 6.07) is 11.0. The summed E-state index contributed by atoms with van der Waals surface area (Å²) in [5.74, 6) is 2.80. The Kier molecular flexibility index (Phi) is 6.02. The second-order valence-electron chi connectivity index (χ2n) is 6.45. The molecule has 0 N–H and O–H groups in total. The van der Waals surface area contributed by atoms with E-state index in [0.29, 0.717) is 40.5 Å². The van der Waals surface area contributed by atoms with Gasteiger partial charge in [0, 0.05) is 29.7 Å². The fourth-order valence-electron chi connectivity index (χ4n) is 2.98. The Morgan fingerprint density at radius 1 is 0.935 bits per heavy atom. The van der Waals surface area contributed by atoms with Crippen molar-refractivity contribution in [3.05, 3.63) is 60.4 Å². The van der Waals surface area contributed by atoms with Crippen LogP contribution < -0.4 is 14.2 Å². The molecule has 3 aromatic heterocycles. The molecule has 0 saturated heterocycles. The van der Waals surface area contributed by atoms with Crippen LogP contribution in [0.25, 0.3) is 22.8 Å². The fraction of sp³-hybridized carbons (Fsp3) is 0.227. The molecule has 0 aliphatic rings. The van der Waals surface area contributed by atoms with Gasteiger partial charge in [-0.05, 0) is 30.7 Å². The van der Waals surface area contributed by atoms with Gasteiger partial charge in [0.15, 0.2) is 23.9 Å². The molecule has 0 aliphatic heterocycles. The van der Waals surface area contributed by atoms with Crippen molar-refractivity contribution in [3.8, 4) is 40.2 Å². The molecule has 0 atom stereocenters. The maximum atomic E-state index is 5.83. The Morgan fingerprint density at radius 2 is 1.77 bits per heavy atom. The minimum atomic E-state index is 0.0647. The Labute approximate surface area is 179 Å². The predicted molar refractivity (Wildman–Crippen MR) is 112 cm³/mol. The van der Waals surface area contributed by atoms with Crippen molar-refractivity contribution < 1.29 is 18.7 Å². The molecule has 0 fully saturated rings. The number of aryl methyl sites for hydroxylation is 1. The van der Waals surface area contributed by atoms with Crippen molar-refractivity contribution >= 4 is 0 Å². The average molecular weight is 419 g/mol. The second-order valence-corrected chi connectivity index (χ2v) is 6.45. The predicted octanol–water partition coefficient (Wildman–Crippen LogP) is 3.75. The zero-order valence-corrected chi connectivity index (χ0v) is 17.4. The molecular weight excluding hydrogens is 398 g/mol. The van der Waals surface area contributed by atoms with E-state index in [1.807, 2.05) is 31.2 Å². The monoisotopic (exact) mass is 419 g/mol. The van der Waals surface area contributed by atoms with Crippen molar-refractivity contribution in [2.75, 3.05) is 14.2 Å². The van der Waals surface area contributed by atoms with Crippen molar-refractivity contribution in [1.82, 2.24) is 25.1 Å². The van der Waals surface area contributed by atoms with E-state index in [9.17, 15) is 0 Å². The van der Waals surface area contributed by atoms with Gasteiger partial charge in [0.05, 0.1) is 19.8 Å². The van der Waals surface area contributed by atoms with Crippen molar-refractivity contribution in [2.24, 2.45) is 0 Å². The van der Waals surface area contributed by atoms with Crippen LogP contribution in [0, 0.1) is 0 Å². The summed E-state index contributed by atoms with van der Waals surface area (Å²) in [6.07, 6.45) is 4.15. The summed E-state index contributed by atoms with van der Waals surface area (Å²) in [6.45, 7) is 2.09. The highest BCUT2D eigenvalue weighted by atomic mass is 16.5. The van der Waals surface area contributed by atoms with Crippen LogP contribution in [0.2, 0.25) is 0 Å². The van der Waals surface area contributed by atoms with Crippen LogP contribution in [0.5, 0.6) is 17.4 Å². The highest BCUT2D eigenvalue weighted by Gasteiger charge is 2.17. The summed E-state index contributed by atoms with van der Waals surface area (Å²) in [4.78, 5) is 17.5. The SMILES string of the molecule is CCc1cc(OCc2nc(-c3cccc(OC)c3OC)no2)nc(-c2ccncc2)n1. The normalized spacial score (nSPS) is 10.7. The lowest BCUT2D eigenvalue weighted by atomic mass is 10.1. The number of rotatable bonds is 8. The van der Waals surface area contributed by atoms with Gasteiger partial charge in [-0.3, -0.25) is 4.98 Å². The summed E-state index contributed by atoms with van der Waals surface area (Å²) in [5, 5.41) is 4.04. The van der Waals surface area contributed by atoms with E-state index in [1.165, 1.54) is 0 Å². The van der Waals surface area contributed by atoms with Crippen molar-refractivity contribution in [1.29, 1.82) is 0 Å². The third-order valence-electron chi connectivity index (χ3n) is 4.51. The molecule has 9 heteroatoms. The summed E-state index contributed by atoms with van der Waals surface area (Å²) >= 11 is 0. The standard InChI is InChI=1S/C22H21N5O4/c1-4-15-12-18(25-21(24-15)14-8-10-23-11-9-14)30-13-19-26-22(27-31-19)16-6-5-7-17(28-2)20(16)29-3/h5-12H,4,13H2,1-3H3. The first-order valence-electron chi connectivity index (χ1n) is 9.67. The molecular formula is C22H21N5O4. The van der Waals surface area contributed by atoms with Gasteiger partial charge in [-0.15, -0.1) is 0 Å². The largest absolute Gasteiger partial charge is 0.493 e. The lowest BCUT2D eigenvalue weighted by Gasteiger charge is -2.09. The third-order valence-corrected chi connectivity index (χ3v) is 4.51. The minimum absolute atomic E-state index is 0.0647. The Bertz CT molecular complexity index is 1160. The van der Waals surface area contributed by atoms with Gasteiger partial charge in [-0.1, -0.05) is 18.1 Å². The molecule has 4 rings (SSSR count). The Balaban J connectivity index is 1.54. The van der Waals surface area contributed by atoms with E-state index >= 15 is 0 Å². The Hall–Kier alpha value is -4.01. The van der Waals surface area contributed by atoms with Gasteiger partial charge in [0.1, 0.15) is 0 Å². The van der Waals surface area contributed by atoms with Crippen LogP contribution >= 0.6 is 0 Å². The molecule has 0 aliphatic carbocycles. The lowest BCUT2D eigenvalue weighted by molar-refractivity contribution is 0.235. The molecule has 4 aromatic rings. The van der Waals surface area contributed by atoms with Crippen LogP contribution in [0.1, 0.15) is 18.5 Å². The highest BCUT2D eigenvalue weighted by Crippen LogP contribution is 2.36. The summed E-state index contributed by atoms with van der Waals surface area (Å²) in [5.41, 5.74) is 2.39. The summed E-state index contributed by atoms with van der Waals surface area (Å²) in [7, 11) is 3.13. The first kappa shape index (κ1) is 20.3. The molecule has 31 heavy (non-hydrogen) atoms. The number of hydrogen-bond donors (Lipinski definition) is 0. The molecule has 0 amide bonds. The molecule has 9 nitrogen and oxygen atoms in total. The van der Waals surface area contributed by atoms with Gasteiger partial charge < -0.3 is 18.7 Å². The van der Waals surface area contributed by atoms with E-state index in [-0.39, 0.29) is 6.61 Å². The number of ether oxygens (including phenoxy) is 3. The van der Waals surface area contributed by atoms with Gasteiger partial charge >= 0.3 is 0 Å². The molecule has 0 saturated carbocycles. The molecule has 0 spiro atoms. The van der Waals surface area contributed by atoms with Gasteiger partial charge in [-0.25, -0.2) is 4.98 Å². The van der Waals surface area contributed by atoms with E-state index < -0.39 is 0 Å². The maximum Gasteiger partial charge on any atom is 0.264 e. The van der Waals surface area contributed by atoms with Crippen LogP contribution in [-0.4, -0.2) is 39.3 Å². The number of aromatic nitrogens is 5. The number of para-hydroxylation sites is 1. The topological polar surface area (TPSA) is 105 Å². The molecule has 0 bridgehead atoms. The number of benzene rings is 1. The third kappa shape index (κ3) is 4.45. The van der Waals surface area contributed by atoms with Gasteiger partial charge in [-0.2, -0.15) is 9.97 Å². The number of hydrogen-bond acceptors (Lipinski definition) is 9. The van der Waals surface area contributed by atoms with Gasteiger partial charge in [0.2, 0.25) is 11.7 Å². The molecule has 1 aromatic carbocycles.